The van der Waals surface area contributed by atoms with Gasteiger partial charge in [0.05, 0.1) is 11.8 Å². The van der Waals surface area contributed by atoms with Gasteiger partial charge in [-0.15, -0.1) is 0 Å². The largest absolute Gasteiger partial charge is 0.426 e. The molecule has 0 amide bonds. The minimum Gasteiger partial charge on any atom is -0.426 e. The van der Waals surface area contributed by atoms with Crippen LogP contribution >= 0.6 is 0 Å². The zero-order chi connectivity index (χ0) is 18.5. The molecule has 1 aliphatic carbocycles. The van der Waals surface area contributed by atoms with Gasteiger partial charge in [0.1, 0.15) is 11.5 Å². The second-order valence-electron chi connectivity index (χ2n) is 7.02. The van der Waals surface area contributed by atoms with Crippen LogP contribution in [0.15, 0.2) is 48.5 Å². The summed E-state index contributed by atoms with van der Waals surface area (Å²) in [5.41, 5.74) is 2.11. The van der Waals surface area contributed by atoms with E-state index < -0.39 is 0 Å². The Kier molecular flexibility index (Phi) is 5.71. The maximum atomic E-state index is 12.3. The molecule has 2 aromatic rings. The highest BCUT2D eigenvalue weighted by molar-refractivity contribution is 5.77. The normalized spacial score (nSPS) is 19.6. The lowest BCUT2D eigenvalue weighted by atomic mass is 9.82. The van der Waals surface area contributed by atoms with Crippen molar-refractivity contribution in [2.24, 2.45) is 11.8 Å². The summed E-state index contributed by atoms with van der Waals surface area (Å²) >= 11 is 0. The van der Waals surface area contributed by atoms with Gasteiger partial charge in [0.15, 0.2) is 0 Å². The molecule has 0 N–H and O–H groups in total. The molecule has 0 saturated heterocycles. The molecule has 0 spiro atoms. The Labute approximate surface area is 154 Å². The molecule has 0 radical (unpaired) electrons. The van der Waals surface area contributed by atoms with E-state index in [1.807, 2.05) is 50.2 Å². The van der Waals surface area contributed by atoms with Crippen molar-refractivity contribution < 1.29 is 19.1 Å². The summed E-state index contributed by atoms with van der Waals surface area (Å²) in [7, 11) is 0. The van der Waals surface area contributed by atoms with Gasteiger partial charge in [-0.1, -0.05) is 24.3 Å². The summed E-state index contributed by atoms with van der Waals surface area (Å²) in [5.74, 6) is 0.436. The van der Waals surface area contributed by atoms with E-state index in [1.165, 1.54) is 0 Å². The lowest BCUT2D eigenvalue weighted by Gasteiger charge is -2.25. The average molecular weight is 352 g/mol. The number of ether oxygens (including phenoxy) is 2. The zero-order valence-electron chi connectivity index (χ0n) is 15.2. The molecule has 1 fully saturated rings. The van der Waals surface area contributed by atoms with Gasteiger partial charge in [0, 0.05) is 0 Å². The summed E-state index contributed by atoms with van der Waals surface area (Å²) in [5, 5.41) is 0. The van der Waals surface area contributed by atoms with Gasteiger partial charge in [0.2, 0.25) is 0 Å². The Bertz CT molecular complexity index is 721. The first-order valence-corrected chi connectivity index (χ1v) is 9.08. The first kappa shape index (κ1) is 18.2. The summed E-state index contributed by atoms with van der Waals surface area (Å²) in [4.78, 5) is 24.7. The van der Waals surface area contributed by atoms with Crippen molar-refractivity contribution in [3.8, 4) is 11.5 Å². The lowest BCUT2D eigenvalue weighted by molar-refractivity contribution is -0.145. The predicted molar refractivity (Wildman–Crippen MR) is 99.1 cm³/mol. The highest BCUT2D eigenvalue weighted by Crippen LogP contribution is 2.31. The number of hydrogen-bond acceptors (Lipinski definition) is 4. The molecule has 4 nitrogen and oxygen atoms in total. The number of carbonyl (C=O) groups is 2. The molecule has 1 saturated carbocycles. The number of rotatable bonds is 4. The zero-order valence-corrected chi connectivity index (χ0v) is 15.2. The number of esters is 2. The summed E-state index contributed by atoms with van der Waals surface area (Å²) in [6, 6.07) is 14.9. The van der Waals surface area contributed by atoms with Crippen molar-refractivity contribution in [2.45, 2.75) is 39.5 Å². The maximum Gasteiger partial charge on any atom is 0.314 e. The number of benzene rings is 2. The van der Waals surface area contributed by atoms with E-state index in [4.69, 9.17) is 9.47 Å². The Hall–Kier alpha value is -2.62. The van der Waals surface area contributed by atoms with Gasteiger partial charge in [-0.05, 0) is 74.9 Å². The molecule has 0 atom stereocenters. The molecule has 26 heavy (non-hydrogen) atoms. The minimum absolute atomic E-state index is 0.154. The van der Waals surface area contributed by atoms with E-state index in [9.17, 15) is 9.59 Å². The lowest BCUT2D eigenvalue weighted by Crippen LogP contribution is -2.30. The van der Waals surface area contributed by atoms with Crippen LogP contribution in [-0.4, -0.2) is 11.9 Å². The van der Waals surface area contributed by atoms with Crippen molar-refractivity contribution >= 4 is 11.9 Å². The van der Waals surface area contributed by atoms with Gasteiger partial charge in [-0.3, -0.25) is 9.59 Å². The summed E-state index contributed by atoms with van der Waals surface area (Å²) in [6.45, 7) is 3.92. The standard InChI is InChI=1S/C22H24O4/c1-15-5-3-7-19(13-15)25-21(23)17-9-11-18(12-10-17)22(24)26-20-8-4-6-16(2)14-20/h3-8,13-14,17-18H,9-12H2,1-2H3. The molecule has 3 rings (SSSR count). The van der Waals surface area contributed by atoms with Gasteiger partial charge in [-0.2, -0.15) is 0 Å². The van der Waals surface area contributed by atoms with Crippen LogP contribution < -0.4 is 9.47 Å². The van der Waals surface area contributed by atoms with Crippen molar-refractivity contribution in [3.05, 3.63) is 59.7 Å². The number of hydrogen-bond donors (Lipinski definition) is 0. The molecule has 136 valence electrons. The van der Waals surface area contributed by atoms with Crippen LogP contribution in [0.2, 0.25) is 0 Å². The van der Waals surface area contributed by atoms with Crippen LogP contribution in [0.1, 0.15) is 36.8 Å². The van der Waals surface area contributed by atoms with Crippen LogP contribution in [0, 0.1) is 25.7 Å². The van der Waals surface area contributed by atoms with E-state index in [-0.39, 0.29) is 23.8 Å². The Balaban J connectivity index is 1.50. The van der Waals surface area contributed by atoms with E-state index in [0.29, 0.717) is 37.2 Å². The van der Waals surface area contributed by atoms with Crippen molar-refractivity contribution in [2.75, 3.05) is 0 Å². The molecule has 0 unspecified atom stereocenters. The monoisotopic (exact) mass is 352 g/mol. The molecule has 4 heteroatoms. The second kappa shape index (κ2) is 8.17. The first-order valence-electron chi connectivity index (χ1n) is 9.08. The fraction of sp³-hybridized carbons (Fsp3) is 0.364. The molecule has 0 aromatic heterocycles. The van der Waals surface area contributed by atoms with Crippen LogP contribution in [0.3, 0.4) is 0 Å². The molecular formula is C22H24O4. The molecule has 0 bridgehead atoms. The van der Waals surface area contributed by atoms with Gasteiger partial charge in [-0.25, -0.2) is 0 Å². The highest BCUT2D eigenvalue weighted by Gasteiger charge is 2.32. The van der Waals surface area contributed by atoms with Gasteiger partial charge < -0.3 is 9.47 Å². The summed E-state index contributed by atoms with van der Waals surface area (Å²) in [6.07, 6.45) is 2.60. The molecule has 1 aliphatic rings. The smallest absolute Gasteiger partial charge is 0.314 e. The number of carbonyl (C=O) groups excluding carboxylic acids is 2. The van der Waals surface area contributed by atoms with E-state index in [2.05, 4.69) is 0 Å². The van der Waals surface area contributed by atoms with Crippen molar-refractivity contribution in [3.63, 3.8) is 0 Å². The molecule has 0 aliphatic heterocycles. The fourth-order valence-electron chi connectivity index (χ4n) is 3.32. The van der Waals surface area contributed by atoms with E-state index >= 15 is 0 Å². The average Bonchev–Trinajstić information content (AvgIpc) is 2.62. The third kappa shape index (κ3) is 4.72. The minimum atomic E-state index is -0.207. The Morgan fingerprint density at radius 1 is 0.731 bits per heavy atom. The van der Waals surface area contributed by atoms with Crippen LogP contribution in [0.25, 0.3) is 0 Å². The van der Waals surface area contributed by atoms with E-state index in [1.54, 1.807) is 12.1 Å². The van der Waals surface area contributed by atoms with Gasteiger partial charge >= 0.3 is 11.9 Å². The van der Waals surface area contributed by atoms with Crippen LogP contribution in [0.5, 0.6) is 11.5 Å². The molecule has 0 heterocycles. The van der Waals surface area contributed by atoms with Gasteiger partial charge in [0.25, 0.3) is 0 Å². The van der Waals surface area contributed by atoms with E-state index in [0.717, 1.165) is 11.1 Å². The third-order valence-electron chi connectivity index (χ3n) is 4.81. The summed E-state index contributed by atoms with van der Waals surface area (Å²) < 4.78 is 11.0. The topological polar surface area (TPSA) is 52.6 Å². The highest BCUT2D eigenvalue weighted by atomic mass is 16.5. The molecule has 2 aromatic carbocycles. The quantitative estimate of drug-likeness (QED) is 0.595. The number of aryl methyl sites for hydroxylation is 2. The van der Waals surface area contributed by atoms with Crippen LogP contribution in [0.4, 0.5) is 0 Å². The first-order chi connectivity index (χ1) is 12.5. The Morgan fingerprint density at radius 3 is 1.46 bits per heavy atom. The van der Waals surface area contributed by atoms with Crippen LogP contribution in [-0.2, 0) is 9.59 Å². The Morgan fingerprint density at radius 2 is 1.12 bits per heavy atom. The predicted octanol–water partition coefficient (Wildman–Crippen LogP) is 4.62. The van der Waals surface area contributed by atoms with Crippen molar-refractivity contribution in [1.82, 2.24) is 0 Å². The maximum absolute atomic E-state index is 12.3. The second-order valence-corrected chi connectivity index (χ2v) is 7.02. The molecular weight excluding hydrogens is 328 g/mol. The SMILES string of the molecule is Cc1cccc(OC(=O)C2CCC(C(=O)Oc3cccc(C)c3)CC2)c1. The fourth-order valence-corrected chi connectivity index (χ4v) is 3.32. The van der Waals surface area contributed by atoms with Crippen molar-refractivity contribution in [1.29, 1.82) is 0 Å². The third-order valence-corrected chi connectivity index (χ3v) is 4.81.